The topological polar surface area (TPSA) is 59.4 Å². The minimum atomic E-state index is -1.04. The van der Waals surface area contributed by atoms with Crippen LogP contribution in [0.25, 0.3) is 11.3 Å². The molecule has 0 bridgehead atoms. The van der Waals surface area contributed by atoms with E-state index in [-0.39, 0.29) is 11.8 Å². The highest BCUT2D eigenvalue weighted by Gasteiger charge is 2.18. The molecule has 3 rings (SSSR count). The largest absolute Gasteiger partial charge is 0.490 e. The van der Waals surface area contributed by atoms with E-state index in [0.29, 0.717) is 11.4 Å². The summed E-state index contributed by atoms with van der Waals surface area (Å²) in [6.07, 6.45) is 4.61. The van der Waals surface area contributed by atoms with Gasteiger partial charge in [-0.3, -0.25) is 0 Å². The maximum Gasteiger partial charge on any atom is 0.354 e. The van der Waals surface area contributed by atoms with E-state index in [0.717, 1.165) is 18.4 Å². The average Bonchev–Trinajstić information content (AvgIpc) is 3.01. The summed E-state index contributed by atoms with van der Waals surface area (Å²) in [5.74, 6) is -0.447. The smallest absolute Gasteiger partial charge is 0.354 e. The van der Waals surface area contributed by atoms with Crippen molar-refractivity contribution in [2.75, 3.05) is 0 Å². The number of aromatic nitrogens is 1. The molecule has 1 fully saturated rings. The Morgan fingerprint density at radius 1 is 1.14 bits per heavy atom. The van der Waals surface area contributed by atoms with E-state index < -0.39 is 5.97 Å². The van der Waals surface area contributed by atoms with Crippen molar-refractivity contribution in [1.29, 1.82) is 0 Å². The predicted octanol–water partition coefficient (Wildman–Crippen LogP) is 3.77. The molecule has 4 nitrogen and oxygen atoms in total. The number of rotatable bonds is 4. The van der Waals surface area contributed by atoms with Gasteiger partial charge in [-0.1, -0.05) is 30.3 Å². The van der Waals surface area contributed by atoms with E-state index in [2.05, 4.69) is 4.98 Å². The van der Waals surface area contributed by atoms with Gasteiger partial charge in [-0.05, 0) is 25.7 Å². The Morgan fingerprint density at radius 2 is 1.86 bits per heavy atom. The second-order valence-electron chi connectivity index (χ2n) is 5.27. The van der Waals surface area contributed by atoms with Gasteiger partial charge >= 0.3 is 5.97 Å². The monoisotopic (exact) mass is 283 g/mol. The van der Waals surface area contributed by atoms with Crippen LogP contribution in [-0.2, 0) is 0 Å². The highest BCUT2D eigenvalue weighted by atomic mass is 16.5. The number of carbonyl (C=O) groups is 1. The zero-order valence-corrected chi connectivity index (χ0v) is 11.7. The Hall–Kier alpha value is -2.36. The summed E-state index contributed by atoms with van der Waals surface area (Å²) < 4.78 is 5.92. The molecule has 1 heterocycles. The summed E-state index contributed by atoms with van der Waals surface area (Å²) in [7, 11) is 0. The summed E-state index contributed by atoms with van der Waals surface area (Å²) in [4.78, 5) is 15.5. The van der Waals surface area contributed by atoms with Gasteiger partial charge in [0.2, 0.25) is 0 Å². The predicted molar refractivity (Wildman–Crippen MR) is 79.5 cm³/mol. The Morgan fingerprint density at radius 3 is 2.52 bits per heavy atom. The fourth-order valence-electron chi connectivity index (χ4n) is 2.64. The van der Waals surface area contributed by atoms with Gasteiger partial charge in [0, 0.05) is 17.7 Å². The van der Waals surface area contributed by atoms with Crippen LogP contribution in [0, 0.1) is 0 Å². The quantitative estimate of drug-likeness (QED) is 0.928. The number of carboxylic acid groups (broad SMARTS) is 1. The van der Waals surface area contributed by atoms with Crippen molar-refractivity contribution in [3.8, 4) is 17.0 Å². The summed E-state index contributed by atoms with van der Waals surface area (Å²) in [6, 6.07) is 12.9. The fourth-order valence-corrected chi connectivity index (χ4v) is 2.64. The van der Waals surface area contributed by atoms with Crippen LogP contribution in [0.1, 0.15) is 36.2 Å². The Balaban J connectivity index is 1.95. The fraction of sp³-hybridized carbons (Fsp3) is 0.294. The highest BCUT2D eigenvalue weighted by Crippen LogP contribution is 2.28. The first-order valence-electron chi connectivity index (χ1n) is 7.20. The average molecular weight is 283 g/mol. The van der Waals surface area contributed by atoms with Gasteiger partial charge in [-0.2, -0.15) is 0 Å². The normalized spacial score (nSPS) is 15.0. The lowest BCUT2D eigenvalue weighted by Gasteiger charge is -2.14. The van der Waals surface area contributed by atoms with E-state index in [1.165, 1.54) is 18.9 Å². The van der Waals surface area contributed by atoms with Crippen molar-refractivity contribution in [3.63, 3.8) is 0 Å². The molecule has 1 aromatic heterocycles. The van der Waals surface area contributed by atoms with E-state index in [4.69, 9.17) is 4.74 Å². The van der Waals surface area contributed by atoms with Crippen LogP contribution in [0.15, 0.2) is 42.5 Å². The van der Waals surface area contributed by atoms with Crippen molar-refractivity contribution < 1.29 is 14.6 Å². The molecule has 2 aromatic rings. The lowest BCUT2D eigenvalue weighted by molar-refractivity contribution is 0.0689. The molecule has 4 heteroatoms. The molecule has 1 N–H and O–H groups in total. The first-order chi connectivity index (χ1) is 10.2. The number of ether oxygens (including phenoxy) is 1. The molecule has 0 radical (unpaired) electrons. The number of pyridine rings is 1. The Kier molecular flexibility index (Phi) is 3.86. The molecule has 1 aliphatic carbocycles. The highest BCUT2D eigenvalue weighted by molar-refractivity contribution is 5.86. The number of carboxylic acids is 1. The molecule has 0 spiro atoms. The maximum atomic E-state index is 11.3. The van der Waals surface area contributed by atoms with E-state index >= 15 is 0 Å². The van der Waals surface area contributed by atoms with Gasteiger partial charge in [0.25, 0.3) is 0 Å². The third-order valence-electron chi connectivity index (χ3n) is 3.69. The van der Waals surface area contributed by atoms with Crippen molar-refractivity contribution in [1.82, 2.24) is 4.98 Å². The van der Waals surface area contributed by atoms with Crippen molar-refractivity contribution >= 4 is 5.97 Å². The molecule has 0 atom stereocenters. The number of nitrogens with zero attached hydrogens (tertiary/aromatic N) is 1. The zero-order valence-electron chi connectivity index (χ0n) is 11.7. The Labute approximate surface area is 123 Å². The third kappa shape index (κ3) is 3.21. The lowest BCUT2D eigenvalue weighted by atomic mass is 10.1. The molecule has 1 saturated carbocycles. The molecular weight excluding hydrogens is 266 g/mol. The molecular formula is C17H17NO3. The van der Waals surface area contributed by atoms with Gasteiger partial charge in [0.15, 0.2) is 5.69 Å². The summed E-state index contributed by atoms with van der Waals surface area (Å²) in [5, 5.41) is 9.22. The van der Waals surface area contributed by atoms with Crippen LogP contribution < -0.4 is 4.74 Å². The van der Waals surface area contributed by atoms with Crippen LogP contribution in [-0.4, -0.2) is 22.2 Å². The SMILES string of the molecule is O=C(O)c1cc(OC2CCCC2)cc(-c2ccccc2)n1. The van der Waals surface area contributed by atoms with Gasteiger partial charge in [0.1, 0.15) is 5.75 Å². The molecule has 1 aliphatic rings. The lowest BCUT2D eigenvalue weighted by Crippen LogP contribution is -2.12. The van der Waals surface area contributed by atoms with E-state index in [1.54, 1.807) is 0 Å². The number of aromatic carboxylic acids is 1. The molecule has 0 unspecified atom stereocenters. The molecule has 0 aliphatic heterocycles. The van der Waals surface area contributed by atoms with Crippen LogP contribution >= 0.6 is 0 Å². The summed E-state index contributed by atoms with van der Waals surface area (Å²) in [5.41, 5.74) is 1.53. The van der Waals surface area contributed by atoms with Gasteiger partial charge < -0.3 is 9.84 Å². The second kappa shape index (κ2) is 5.95. The van der Waals surface area contributed by atoms with Crippen molar-refractivity contribution in [3.05, 3.63) is 48.2 Å². The maximum absolute atomic E-state index is 11.3. The van der Waals surface area contributed by atoms with Gasteiger partial charge in [0.05, 0.1) is 11.8 Å². The standard InChI is InChI=1S/C17H17NO3/c19-17(20)16-11-14(21-13-8-4-5-9-13)10-15(18-16)12-6-2-1-3-7-12/h1-3,6-7,10-11,13H,4-5,8-9H2,(H,19,20). The van der Waals surface area contributed by atoms with Crippen LogP contribution in [0.4, 0.5) is 0 Å². The number of benzene rings is 1. The van der Waals surface area contributed by atoms with Crippen molar-refractivity contribution in [2.24, 2.45) is 0 Å². The molecule has 0 amide bonds. The molecule has 21 heavy (non-hydrogen) atoms. The van der Waals surface area contributed by atoms with Crippen LogP contribution in [0.2, 0.25) is 0 Å². The van der Waals surface area contributed by atoms with E-state index in [1.807, 2.05) is 36.4 Å². The van der Waals surface area contributed by atoms with Crippen molar-refractivity contribution in [2.45, 2.75) is 31.8 Å². The molecule has 1 aromatic carbocycles. The van der Waals surface area contributed by atoms with Gasteiger partial charge in [-0.25, -0.2) is 9.78 Å². The van der Waals surface area contributed by atoms with E-state index in [9.17, 15) is 9.90 Å². The first kappa shape index (κ1) is 13.6. The second-order valence-corrected chi connectivity index (χ2v) is 5.27. The minimum Gasteiger partial charge on any atom is -0.490 e. The third-order valence-corrected chi connectivity index (χ3v) is 3.69. The minimum absolute atomic E-state index is 0.0179. The summed E-state index contributed by atoms with van der Waals surface area (Å²) in [6.45, 7) is 0. The van der Waals surface area contributed by atoms with Gasteiger partial charge in [-0.15, -0.1) is 0 Å². The molecule has 108 valence electrons. The molecule has 0 saturated heterocycles. The zero-order chi connectivity index (χ0) is 14.7. The number of hydrogen-bond acceptors (Lipinski definition) is 3. The summed E-state index contributed by atoms with van der Waals surface area (Å²) >= 11 is 0. The van der Waals surface area contributed by atoms with Crippen LogP contribution in [0.5, 0.6) is 5.75 Å². The number of hydrogen-bond donors (Lipinski definition) is 1. The first-order valence-corrected chi connectivity index (χ1v) is 7.20. The Bertz CT molecular complexity index is 634. The van der Waals surface area contributed by atoms with Crippen LogP contribution in [0.3, 0.4) is 0 Å².